The number of anilines is 1. The summed E-state index contributed by atoms with van der Waals surface area (Å²) in [4.78, 5) is 28.0. The number of carbonyl (C=O) groups excluding carboxylic acids is 1. The number of pyridine rings is 1. The van der Waals surface area contributed by atoms with Gasteiger partial charge in [0.05, 0.1) is 11.2 Å². The van der Waals surface area contributed by atoms with E-state index in [0.29, 0.717) is 30.7 Å². The first-order valence-corrected chi connectivity index (χ1v) is 12.2. The number of aromatic nitrogens is 1. The maximum absolute atomic E-state index is 12.7. The Bertz CT molecular complexity index is 1580. The SMILES string of the molecule is O=C(O)CCCc1ccc(C(=O)Nc2ccc3cc(OCc4ccc5ccccc5n4)ccc3c2)cc1. The first-order valence-electron chi connectivity index (χ1n) is 12.2. The van der Waals surface area contributed by atoms with Gasteiger partial charge in [0.2, 0.25) is 0 Å². The number of nitrogens with zero attached hydrogens (tertiary/aromatic N) is 1. The highest BCUT2D eigenvalue weighted by Crippen LogP contribution is 2.25. The second-order valence-corrected chi connectivity index (χ2v) is 8.91. The fourth-order valence-corrected chi connectivity index (χ4v) is 4.21. The van der Waals surface area contributed by atoms with Crippen LogP contribution >= 0.6 is 0 Å². The lowest BCUT2D eigenvalue weighted by molar-refractivity contribution is -0.137. The van der Waals surface area contributed by atoms with Gasteiger partial charge in [-0.15, -0.1) is 0 Å². The molecule has 184 valence electrons. The zero-order valence-electron chi connectivity index (χ0n) is 20.2. The third kappa shape index (κ3) is 6.11. The van der Waals surface area contributed by atoms with E-state index in [9.17, 15) is 9.59 Å². The number of carboxylic acid groups (broad SMARTS) is 1. The van der Waals surface area contributed by atoms with Crippen molar-refractivity contribution in [3.63, 3.8) is 0 Å². The van der Waals surface area contributed by atoms with Crippen LogP contribution in [0.15, 0.2) is 97.1 Å². The predicted molar refractivity (Wildman–Crippen MR) is 145 cm³/mol. The summed E-state index contributed by atoms with van der Waals surface area (Å²) in [7, 11) is 0. The van der Waals surface area contributed by atoms with Crippen molar-refractivity contribution in [2.24, 2.45) is 0 Å². The predicted octanol–water partition coefficient (Wildman–Crippen LogP) is 6.63. The van der Waals surface area contributed by atoms with Crippen molar-refractivity contribution in [1.82, 2.24) is 4.98 Å². The fraction of sp³-hybridized carbons (Fsp3) is 0.129. The molecule has 0 unspecified atom stereocenters. The number of amides is 1. The van der Waals surface area contributed by atoms with Crippen molar-refractivity contribution in [2.75, 3.05) is 5.32 Å². The van der Waals surface area contributed by atoms with Crippen molar-refractivity contribution in [1.29, 1.82) is 0 Å². The Morgan fingerprint density at radius 3 is 2.41 bits per heavy atom. The summed E-state index contributed by atoms with van der Waals surface area (Å²) in [6.45, 7) is 0.378. The van der Waals surface area contributed by atoms with E-state index < -0.39 is 5.97 Å². The van der Waals surface area contributed by atoms with Gasteiger partial charge in [-0.25, -0.2) is 4.98 Å². The molecule has 0 aliphatic heterocycles. The van der Waals surface area contributed by atoms with Gasteiger partial charge >= 0.3 is 5.97 Å². The first kappa shape index (κ1) is 24.0. The second-order valence-electron chi connectivity index (χ2n) is 8.91. The van der Waals surface area contributed by atoms with Crippen molar-refractivity contribution in [2.45, 2.75) is 25.9 Å². The molecular formula is C31H26N2O4. The number of aliphatic carboxylic acids is 1. The summed E-state index contributed by atoms with van der Waals surface area (Å²) in [6.07, 6.45) is 1.38. The Hall–Kier alpha value is -4.71. The molecule has 4 aromatic carbocycles. The Morgan fingerprint density at radius 2 is 1.57 bits per heavy atom. The summed E-state index contributed by atoms with van der Waals surface area (Å²) in [5.74, 6) is -0.240. The molecule has 5 aromatic rings. The summed E-state index contributed by atoms with van der Waals surface area (Å²) >= 11 is 0. The molecule has 0 saturated heterocycles. The maximum Gasteiger partial charge on any atom is 0.303 e. The van der Waals surface area contributed by atoms with Crippen molar-refractivity contribution >= 4 is 39.2 Å². The lowest BCUT2D eigenvalue weighted by Gasteiger charge is -2.10. The van der Waals surface area contributed by atoms with Crippen molar-refractivity contribution in [3.05, 3.63) is 114 Å². The van der Waals surface area contributed by atoms with E-state index in [1.165, 1.54) is 0 Å². The highest BCUT2D eigenvalue weighted by molar-refractivity contribution is 6.05. The van der Waals surface area contributed by atoms with Crippen molar-refractivity contribution < 1.29 is 19.4 Å². The number of para-hydroxylation sites is 1. The van der Waals surface area contributed by atoms with Crippen LogP contribution in [0.5, 0.6) is 5.75 Å². The Morgan fingerprint density at radius 1 is 0.811 bits per heavy atom. The van der Waals surface area contributed by atoms with Crippen LogP contribution in [0.4, 0.5) is 5.69 Å². The van der Waals surface area contributed by atoms with Gasteiger partial charge < -0.3 is 15.2 Å². The third-order valence-corrected chi connectivity index (χ3v) is 6.18. The van der Waals surface area contributed by atoms with Gasteiger partial charge in [0.25, 0.3) is 5.91 Å². The van der Waals surface area contributed by atoms with E-state index in [2.05, 4.69) is 10.3 Å². The Balaban J connectivity index is 1.20. The summed E-state index contributed by atoms with van der Waals surface area (Å²) in [5, 5.41) is 14.8. The molecule has 0 bridgehead atoms. The minimum absolute atomic E-state index is 0.138. The molecule has 1 heterocycles. The molecule has 0 fully saturated rings. The highest BCUT2D eigenvalue weighted by Gasteiger charge is 2.08. The molecule has 0 aliphatic rings. The van der Waals surface area contributed by atoms with Crippen molar-refractivity contribution in [3.8, 4) is 5.75 Å². The van der Waals surface area contributed by atoms with Crippen LogP contribution in [0.1, 0.15) is 34.5 Å². The van der Waals surface area contributed by atoms with Crippen LogP contribution in [0.2, 0.25) is 0 Å². The standard InChI is InChI=1S/C31H26N2O4/c34-30(35)7-3-4-21-8-10-23(11-9-21)31(36)33-26-15-13-25-19-28(17-14-24(25)18-26)37-20-27-16-12-22-5-1-2-6-29(22)32-27/h1-2,5-6,8-19H,3-4,7,20H2,(H,33,36)(H,34,35). The van der Waals surface area contributed by atoms with Crippen LogP contribution in [0.25, 0.3) is 21.7 Å². The number of nitrogens with one attached hydrogen (secondary N) is 1. The van der Waals surface area contributed by atoms with Crippen LogP contribution < -0.4 is 10.1 Å². The molecule has 37 heavy (non-hydrogen) atoms. The fourth-order valence-electron chi connectivity index (χ4n) is 4.21. The lowest BCUT2D eigenvalue weighted by atomic mass is 10.1. The van der Waals surface area contributed by atoms with Gasteiger partial charge in [0, 0.05) is 23.1 Å². The molecule has 0 saturated carbocycles. The number of rotatable bonds is 9. The molecule has 0 spiro atoms. The Kier molecular flexibility index (Phi) is 7.08. The molecule has 0 radical (unpaired) electrons. The zero-order chi connectivity index (χ0) is 25.6. The minimum Gasteiger partial charge on any atom is -0.487 e. The largest absolute Gasteiger partial charge is 0.487 e. The smallest absolute Gasteiger partial charge is 0.303 e. The number of fused-ring (bicyclic) bond motifs is 2. The van der Waals surface area contributed by atoms with E-state index in [-0.39, 0.29) is 12.3 Å². The number of carbonyl (C=O) groups is 2. The normalized spacial score (nSPS) is 10.9. The molecule has 6 heteroatoms. The van der Waals surface area contributed by atoms with Crippen LogP contribution in [0, 0.1) is 0 Å². The first-order chi connectivity index (χ1) is 18.0. The third-order valence-electron chi connectivity index (χ3n) is 6.18. The van der Waals surface area contributed by atoms with E-state index in [4.69, 9.17) is 9.84 Å². The summed E-state index contributed by atoms with van der Waals surface area (Å²) < 4.78 is 5.99. The monoisotopic (exact) mass is 490 g/mol. The van der Waals surface area contributed by atoms with Crippen LogP contribution in [-0.4, -0.2) is 22.0 Å². The molecule has 6 nitrogen and oxygen atoms in total. The molecule has 2 N–H and O–H groups in total. The number of ether oxygens (including phenoxy) is 1. The molecule has 1 amide bonds. The van der Waals surface area contributed by atoms with Gasteiger partial charge in [0.1, 0.15) is 12.4 Å². The molecular weight excluding hydrogens is 464 g/mol. The average Bonchev–Trinajstić information content (AvgIpc) is 2.92. The van der Waals surface area contributed by atoms with Crippen LogP contribution in [0.3, 0.4) is 0 Å². The number of carboxylic acids is 1. The van der Waals surface area contributed by atoms with E-state index >= 15 is 0 Å². The number of hydrogen-bond acceptors (Lipinski definition) is 4. The average molecular weight is 491 g/mol. The van der Waals surface area contributed by atoms with E-state index in [1.54, 1.807) is 12.1 Å². The lowest BCUT2D eigenvalue weighted by Crippen LogP contribution is -2.11. The minimum atomic E-state index is -0.798. The quantitative estimate of drug-likeness (QED) is 0.242. The molecule has 5 rings (SSSR count). The van der Waals surface area contributed by atoms with Gasteiger partial charge in [-0.05, 0) is 77.7 Å². The summed E-state index contributed by atoms with van der Waals surface area (Å²) in [6, 6.07) is 30.9. The zero-order valence-corrected chi connectivity index (χ0v) is 20.2. The maximum atomic E-state index is 12.7. The highest BCUT2D eigenvalue weighted by atomic mass is 16.5. The number of benzene rings is 4. The topological polar surface area (TPSA) is 88.5 Å². The molecule has 0 atom stereocenters. The van der Waals surface area contributed by atoms with E-state index in [0.717, 1.165) is 38.7 Å². The van der Waals surface area contributed by atoms with Gasteiger partial charge in [-0.3, -0.25) is 9.59 Å². The van der Waals surface area contributed by atoms with Gasteiger partial charge in [0.15, 0.2) is 0 Å². The molecule has 1 aromatic heterocycles. The summed E-state index contributed by atoms with van der Waals surface area (Å²) in [5.41, 5.74) is 4.08. The second kappa shape index (κ2) is 10.9. The van der Waals surface area contributed by atoms with Crippen LogP contribution in [-0.2, 0) is 17.8 Å². The van der Waals surface area contributed by atoms with Gasteiger partial charge in [-0.1, -0.05) is 48.5 Å². The number of hydrogen-bond donors (Lipinski definition) is 2. The van der Waals surface area contributed by atoms with E-state index in [1.807, 2.05) is 84.9 Å². The Labute approximate surface area is 214 Å². The van der Waals surface area contributed by atoms with Gasteiger partial charge in [-0.2, -0.15) is 0 Å². The number of aryl methyl sites for hydroxylation is 1. The molecule has 0 aliphatic carbocycles.